The molecule has 2 heterocycles. The first kappa shape index (κ1) is 17.2. The lowest BCUT2D eigenvalue weighted by atomic mass is 10.2. The van der Waals surface area contributed by atoms with Gasteiger partial charge in [0.05, 0.1) is 6.61 Å². The summed E-state index contributed by atoms with van der Waals surface area (Å²) in [5.74, 6) is 2.38. The molecule has 6 heteroatoms. The molecule has 0 spiro atoms. The van der Waals surface area contributed by atoms with Gasteiger partial charge < -0.3 is 15.0 Å². The average molecular weight is 339 g/mol. The fourth-order valence-corrected chi connectivity index (χ4v) is 2.44. The Labute approximate surface area is 148 Å². The topological polar surface area (TPSA) is 75.7 Å². The molecule has 0 radical (unpaired) electrons. The third kappa shape index (κ3) is 4.47. The number of aromatic nitrogens is 4. The highest BCUT2D eigenvalue weighted by Crippen LogP contribution is 2.24. The van der Waals surface area contributed by atoms with Gasteiger partial charge in [0.1, 0.15) is 11.3 Å². The number of benzene rings is 1. The first-order chi connectivity index (χ1) is 12.2. The number of anilines is 2. The van der Waals surface area contributed by atoms with Gasteiger partial charge in [-0.1, -0.05) is 45.4 Å². The van der Waals surface area contributed by atoms with E-state index < -0.39 is 0 Å². The van der Waals surface area contributed by atoms with Crippen LogP contribution in [0.4, 0.5) is 11.6 Å². The molecule has 3 rings (SSSR count). The Morgan fingerprint density at radius 1 is 1.12 bits per heavy atom. The number of hydrogen-bond acceptors (Lipinski definition) is 5. The lowest BCUT2D eigenvalue weighted by Gasteiger charge is -2.10. The first-order valence-electron chi connectivity index (χ1n) is 8.87. The molecule has 2 N–H and O–H groups in total. The molecule has 3 aromatic rings. The van der Waals surface area contributed by atoms with E-state index in [-0.39, 0.29) is 0 Å². The van der Waals surface area contributed by atoms with Crippen LogP contribution in [0, 0.1) is 5.92 Å². The van der Waals surface area contributed by atoms with Crippen LogP contribution < -0.4 is 10.1 Å². The number of H-pyrrole nitrogens is 1. The molecule has 132 valence electrons. The number of nitrogens with one attached hydrogen (secondary N) is 2. The van der Waals surface area contributed by atoms with E-state index in [0.717, 1.165) is 36.3 Å². The fourth-order valence-electron chi connectivity index (χ4n) is 2.44. The molecule has 0 unspecified atom stereocenters. The summed E-state index contributed by atoms with van der Waals surface area (Å²) in [6.07, 6.45) is 3.11. The van der Waals surface area contributed by atoms with E-state index in [0.29, 0.717) is 30.0 Å². The van der Waals surface area contributed by atoms with Crippen LogP contribution in [0.5, 0.6) is 5.88 Å². The van der Waals surface area contributed by atoms with Gasteiger partial charge in [0, 0.05) is 12.1 Å². The Bertz CT molecular complexity index is 813. The lowest BCUT2D eigenvalue weighted by molar-refractivity contribution is 0.264. The summed E-state index contributed by atoms with van der Waals surface area (Å²) in [4.78, 5) is 17.0. The Morgan fingerprint density at radius 2 is 1.92 bits per heavy atom. The fraction of sp³-hybridized carbons (Fsp3) is 0.421. The van der Waals surface area contributed by atoms with Crippen molar-refractivity contribution in [2.24, 2.45) is 5.92 Å². The molecule has 2 aromatic heterocycles. The van der Waals surface area contributed by atoms with Crippen molar-refractivity contribution in [3.63, 3.8) is 0 Å². The summed E-state index contributed by atoms with van der Waals surface area (Å²) in [7, 11) is 0. The van der Waals surface area contributed by atoms with E-state index in [1.54, 1.807) is 0 Å². The maximum Gasteiger partial charge on any atom is 0.245 e. The van der Waals surface area contributed by atoms with Crippen molar-refractivity contribution in [1.29, 1.82) is 0 Å². The minimum atomic E-state index is 0.415. The van der Waals surface area contributed by atoms with Crippen molar-refractivity contribution in [2.75, 3.05) is 11.9 Å². The third-order valence-electron chi connectivity index (χ3n) is 3.72. The third-order valence-corrected chi connectivity index (χ3v) is 3.72. The van der Waals surface area contributed by atoms with Gasteiger partial charge in [0.2, 0.25) is 11.8 Å². The van der Waals surface area contributed by atoms with Crippen molar-refractivity contribution in [2.45, 2.75) is 40.0 Å². The van der Waals surface area contributed by atoms with E-state index in [4.69, 9.17) is 4.74 Å². The second kappa shape index (κ2) is 7.96. The molecular formula is C19H25N5O. The number of para-hydroxylation sites is 1. The number of hydrogen-bond donors (Lipinski definition) is 2. The summed E-state index contributed by atoms with van der Waals surface area (Å²) in [6.45, 7) is 6.99. The van der Waals surface area contributed by atoms with Crippen LogP contribution in [0.15, 0.2) is 30.3 Å². The zero-order valence-corrected chi connectivity index (χ0v) is 15.0. The van der Waals surface area contributed by atoms with Crippen LogP contribution in [0.3, 0.4) is 0 Å². The molecule has 25 heavy (non-hydrogen) atoms. The van der Waals surface area contributed by atoms with Gasteiger partial charge >= 0.3 is 0 Å². The van der Waals surface area contributed by atoms with Crippen LogP contribution in [-0.2, 0) is 6.42 Å². The van der Waals surface area contributed by atoms with Gasteiger partial charge in [-0.05, 0) is 24.5 Å². The molecule has 0 amide bonds. The summed E-state index contributed by atoms with van der Waals surface area (Å²) in [5.41, 5.74) is 2.34. The van der Waals surface area contributed by atoms with Gasteiger partial charge in [0.15, 0.2) is 5.65 Å². The molecule has 6 nitrogen and oxygen atoms in total. The molecule has 0 bridgehead atoms. The number of ether oxygens (including phenoxy) is 1. The predicted octanol–water partition coefficient (Wildman–Crippen LogP) is 4.47. The normalized spacial score (nSPS) is 11.2. The van der Waals surface area contributed by atoms with Crippen LogP contribution >= 0.6 is 0 Å². The number of aromatic amines is 1. The molecule has 0 fully saturated rings. The maximum absolute atomic E-state index is 5.91. The SMILES string of the molecule is CCCCc1nc2nc(Nc3ccccc3)nc(OCC(C)C)c2[nH]1. The highest BCUT2D eigenvalue weighted by Gasteiger charge is 2.14. The minimum Gasteiger partial charge on any atom is -0.476 e. The zero-order valence-electron chi connectivity index (χ0n) is 15.0. The highest BCUT2D eigenvalue weighted by molar-refractivity contribution is 5.78. The van der Waals surface area contributed by atoms with E-state index >= 15 is 0 Å². The predicted molar refractivity (Wildman–Crippen MR) is 100 cm³/mol. The van der Waals surface area contributed by atoms with Crippen LogP contribution in [0.2, 0.25) is 0 Å². The molecule has 0 aliphatic rings. The second-order valence-corrected chi connectivity index (χ2v) is 6.53. The van der Waals surface area contributed by atoms with E-state index in [1.165, 1.54) is 0 Å². The number of nitrogens with zero attached hydrogens (tertiary/aromatic N) is 3. The van der Waals surface area contributed by atoms with E-state index in [9.17, 15) is 0 Å². The van der Waals surface area contributed by atoms with Gasteiger partial charge in [-0.2, -0.15) is 9.97 Å². The quantitative estimate of drug-likeness (QED) is 0.633. The Balaban J connectivity index is 1.94. The van der Waals surface area contributed by atoms with Crippen LogP contribution in [-0.4, -0.2) is 26.5 Å². The first-order valence-corrected chi connectivity index (χ1v) is 8.87. The lowest BCUT2D eigenvalue weighted by Crippen LogP contribution is -2.08. The number of rotatable bonds is 8. The van der Waals surface area contributed by atoms with Gasteiger partial charge in [-0.25, -0.2) is 4.98 Å². The molecule has 0 aliphatic carbocycles. The standard InChI is InChI=1S/C19H25N5O/c1-4-5-11-15-21-16-17(22-15)23-19(20-14-9-7-6-8-10-14)24-18(16)25-12-13(2)3/h6-10,13H,4-5,11-12H2,1-3H3,(H2,20,21,22,23,24). The Hall–Kier alpha value is -2.63. The van der Waals surface area contributed by atoms with Crippen molar-refractivity contribution in [3.05, 3.63) is 36.2 Å². The number of fused-ring (bicyclic) bond motifs is 1. The summed E-state index contributed by atoms with van der Waals surface area (Å²) in [6, 6.07) is 9.85. The molecule has 0 aliphatic heterocycles. The summed E-state index contributed by atoms with van der Waals surface area (Å²) < 4.78 is 5.91. The molecule has 0 saturated heterocycles. The van der Waals surface area contributed by atoms with E-state index in [1.807, 2.05) is 30.3 Å². The minimum absolute atomic E-state index is 0.415. The van der Waals surface area contributed by atoms with Crippen molar-refractivity contribution in [1.82, 2.24) is 19.9 Å². The van der Waals surface area contributed by atoms with Crippen molar-refractivity contribution in [3.8, 4) is 5.88 Å². The maximum atomic E-state index is 5.91. The zero-order chi connectivity index (χ0) is 17.6. The van der Waals surface area contributed by atoms with Crippen molar-refractivity contribution < 1.29 is 4.74 Å². The average Bonchev–Trinajstić information content (AvgIpc) is 3.01. The second-order valence-electron chi connectivity index (χ2n) is 6.53. The summed E-state index contributed by atoms with van der Waals surface area (Å²) >= 11 is 0. The molecule has 0 saturated carbocycles. The van der Waals surface area contributed by atoms with Crippen LogP contribution in [0.25, 0.3) is 11.2 Å². The van der Waals surface area contributed by atoms with Gasteiger partial charge in [-0.3, -0.25) is 0 Å². The van der Waals surface area contributed by atoms with E-state index in [2.05, 4.69) is 46.0 Å². The number of imidazole rings is 1. The van der Waals surface area contributed by atoms with Crippen LogP contribution in [0.1, 0.15) is 39.4 Å². The highest BCUT2D eigenvalue weighted by atomic mass is 16.5. The molecule has 1 aromatic carbocycles. The smallest absolute Gasteiger partial charge is 0.245 e. The Kier molecular flexibility index (Phi) is 5.48. The van der Waals surface area contributed by atoms with Crippen molar-refractivity contribution >= 4 is 22.8 Å². The summed E-state index contributed by atoms with van der Waals surface area (Å²) in [5, 5.41) is 3.22. The number of aryl methyl sites for hydroxylation is 1. The van der Waals surface area contributed by atoms with Gasteiger partial charge in [-0.15, -0.1) is 0 Å². The monoisotopic (exact) mass is 339 g/mol. The van der Waals surface area contributed by atoms with Gasteiger partial charge in [0.25, 0.3) is 0 Å². The molecular weight excluding hydrogens is 314 g/mol. The molecule has 0 atom stereocenters. The number of unbranched alkanes of at least 4 members (excludes halogenated alkanes) is 1. The largest absolute Gasteiger partial charge is 0.476 e. The Morgan fingerprint density at radius 3 is 2.64 bits per heavy atom.